The van der Waals surface area contributed by atoms with Crippen LogP contribution in [0.5, 0.6) is 0 Å². The molecule has 1 amide bonds. The van der Waals surface area contributed by atoms with Gasteiger partial charge in [0.05, 0.1) is 10.4 Å². The minimum atomic E-state index is -1.13. The van der Waals surface area contributed by atoms with Crippen molar-refractivity contribution in [3.05, 3.63) is 69.7 Å². The van der Waals surface area contributed by atoms with Gasteiger partial charge in [0.25, 0.3) is 5.91 Å². The summed E-state index contributed by atoms with van der Waals surface area (Å²) >= 11 is 5.72. The number of nitrogens with one attached hydrogen (secondary N) is 1. The van der Waals surface area contributed by atoms with E-state index in [1.54, 1.807) is 30.3 Å². The maximum atomic E-state index is 12.2. The molecule has 0 aliphatic rings. The number of pyridine rings is 1. The Balaban J connectivity index is 1.71. The van der Waals surface area contributed by atoms with Gasteiger partial charge in [-0.05, 0) is 31.2 Å². The van der Waals surface area contributed by atoms with Gasteiger partial charge in [0.1, 0.15) is 11.4 Å². The summed E-state index contributed by atoms with van der Waals surface area (Å²) in [6.07, 6.45) is 0.245. The van der Waals surface area contributed by atoms with E-state index in [0.717, 1.165) is 6.07 Å². The lowest BCUT2D eigenvalue weighted by Gasteiger charge is -2.12. The second-order valence-electron chi connectivity index (χ2n) is 5.37. The number of ether oxygens (including phenoxy) is 1. The van der Waals surface area contributed by atoms with Crippen molar-refractivity contribution in [3.63, 3.8) is 0 Å². The summed E-state index contributed by atoms with van der Waals surface area (Å²) < 4.78 is 10.4. The highest BCUT2D eigenvalue weighted by Gasteiger charge is 2.21. The fraction of sp³-hybridized carbons (Fsp3) is 0.111. The summed E-state index contributed by atoms with van der Waals surface area (Å²) in [5.41, 5.74) is -0.115. The van der Waals surface area contributed by atoms with Crippen molar-refractivity contribution < 1.29 is 18.7 Å². The molecule has 0 aliphatic heterocycles. The zero-order chi connectivity index (χ0) is 18.7. The van der Waals surface area contributed by atoms with Crippen LogP contribution in [0.4, 0.5) is 5.82 Å². The van der Waals surface area contributed by atoms with E-state index < -0.39 is 18.0 Å². The second kappa shape index (κ2) is 7.37. The molecule has 7 nitrogen and oxygen atoms in total. The first kappa shape index (κ1) is 17.6. The number of fused-ring (bicyclic) bond motifs is 1. The van der Waals surface area contributed by atoms with Crippen molar-refractivity contribution in [2.75, 3.05) is 5.32 Å². The number of carbonyl (C=O) groups excluding carboxylic acids is 2. The summed E-state index contributed by atoms with van der Waals surface area (Å²) in [6.45, 7) is 1.39. The van der Waals surface area contributed by atoms with Crippen LogP contribution in [0.3, 0.4) is 0 Å². The van der Waals surface area contributed by atoms with E-state index >= 15 is 0 Å². The average molecular weight is 373 g/mol. The Kier molecular flexibility index (Phi) is 4.99. The molecule has 2 heterocycles. The number of hydrogen-bond acceptors (Lipinski definition) is 6. The van der Waals surface area contributed by atoms with Crippen LogP contribution < -0.4 is 10.7 Å². The third-order valence-corrected chi connectivity index (χ3v) is 3.69. The lowest BCUT2D eigenvalue weighted by atomic mass is 10.2. The molecule has 1 N–H and O–H groups in total. The fourth-order valence-electron chi connectivity index (χ4n) is 2.15. The predicted octanol–water partition coefficient (Wildman–Crippen LogP) is 3.03. The van der Waals surface area contributed by atoms with Crippen molar-refractivity contribution >= 4 is 40.3 Å². The molecule has 0 aliphatic carbocycles. The molecule has 0 spiro atoms. The van der Waals surface area contributed by atoms with Crippen molar-refractivity contribution in [1.29, 1.82) is 0 Å². The number of amides is 1. The van der Waals surface area contributed by atoms with Crippen LogP contribution >= 0.6 is 11.6 Å². The Morgan fingerprint density at radius 2 is 2.00 bits per heavy atom. The first-order chi connectivity index (χ1) is 12.4. The van der Waals surface area contributed by atoms with Gasteiger partial charge in [-0.1, -0.05) is 23.7 Å². The van der Waals surface area contributed by atoms with Gasteiger partial charge in [0.15, 0.2) is 11.5 Å². The first-order valence-electron chi connectivity index (χ1n) is 7.60. The highest BCUT2D eigenvalue weighted by atomic mass is 35.5. The maximum absolute atomic E-state index is 12.2. The van der Waals surface area contributed by atoms with Crippen molar-refractivity contribution in [2.45, 2.75) is 13.0 Å². The predicted molar refractivity (Wildman–Crippen MR) is 95.2 cm³/mol. The highest BCUT2D eigenvalue weighted by molar-refractivity contribution is 6.30. The molecule has 2 aromatic heterocycles. The molecule has 8 heteroatoms. The lowest BCUT2D eigenvalue weighted by molar-refractivity contribution is -0.123. The van der Waals surface area contributed by atoms with Gasteiger partial charge >= 0.3 is 5.97 Å². The van der Waals surface area contributed by atoms with E-state index in [-0.39, 0.29) is 22.6 Å². The molecular formula is C18H13ClN2O5. The zero-order valence-electron chi connectivity index (χ0n) is 13.6. The Labute approximate surface area is 152 Å². The van der Waals surface area contributed by atoms with Gasteiger partial charge in [0.2, 0.25) is 5.76 Å². The van der Waals surface area contributed by atoms with Gasteiger partial charge in [-0.25, -0.2) is 9.78 Å². The number of hydrogen-bond donors (Lipinski definition) is 1. The molecule has 26 heavy (non-hydrogen) atoms. The maximum Gasteiger partial charge on any atom is 0.375 e. The SMILES string of the molecule is C[C@H](OC(=O)c1cc(=O)c2ccccc2o1)C(=O)Nc1ccc(Cl)cn1. The third-order valence-electron chi connectivity index (χ3n) is 3.47. The fourth-order valence-corrected chi connectivity index (χ4v) is 2.27. The number of esters is 1. The summed E-state index contributed by atoms with van der Waals surface area (Å²) in [5, 5.41) is 3.26. The topological polar surface area (TPSA) is 98.5 Å². The molecular weight excluding hydrogens is 360 g/mol. The van der Waals surface area contributed by atoms with E-state index in [2.05, 4.69) is 10.3 Å². The Morgan fingerprint density at radius 3 is 2.73 bits per heavy atom. The Hall–Kier alpha value is -3.19. The largest absolute Gasteiger partial charge is 0.449 e. The summed E-state index contributed by atoms with van der Waals surface area (Å²) in [6, 6.07) is 10.6. The van der Waals surface area contributed by atoms with Crippen LogP contribution in [-0.4, -0.2) is 23.0 Å². The minimum absolute atomic E-state index is 0.259. The van der Waals surface area contributed by atoms with Crippen LogP contribution in [0.25, 0.3) is 11.0 Å². The lowest BCUT2D eigenvalue weighted by Crippen LogP contribution is -2.30. The first-order valence-corrected chi connectivity index (χ1v) is 7.98. The van der Waals surface area contributed by atoms with Gasteiger partial charge in [-0.2, -0.15) is 0 Å². The quantitative estimate of drug-likeness (QED) is 0.707. The van der Waals surface area contributed by atoms with Crippen molar-refractivity contribution in [3.8, 4) is 0 Å². The Morgan fingerprint density at radius 1 is 1.23 bits per heavy atom. The molecule has 0 fully saturated rings. The number of nitrogens with zero attached hydrogens (tertiary/aromatic N) is 1. The third kappa shape index (κ3) is 3.89. The molecule has 0 saturated heterocycles. The number of anilines is 1. The summed E-state index contributed by atoms with van der Waals surface area (Å²) in [5.74, 6) is -1.52. The van der Waals surface area contributed by atoms with E-state index in [9.17, 15) is 14.4 Å². The highest BCUT2D eigenvalue weighted by Crippen LogP contribution is 2.14. The number of benzene rings is 1. The van der Waals surface area contributed by atoms with Gasteiger partial charge < -0.3 is 14.5 Å². The van der Waals surface area contributed by atoms with Crippen LogP contribution in [0.1, 0.15) is 17.5 Å². The van der Waals surface area contributed by atoms with Crippen molar-refractivity contribution in [1.82, 2.24) is 4.98 Å². The van der Waals surface area contributed by atoms with Crippen LogP contribution in [-0.2, 0) is 9.53 Å². The molecule has 0 bridgehead atoms. The number of halogens is 1. The summed E-state index contributed by atoms with van der Waals surface area (Å²) in [4.78, 5) is 40.2. The smallest absolute Gasteiger partial charge is 0.375 e. The second-order valence-corrected chi connectivity index (χ2v) is 5.81. The Bertz CT molecular complexity index is 1030. The molecule has 3 rings (SSSR count). The van der Waals surface area contributed by atoms with E-state index in [4.69, 9.17) is 20.8 Å². The van der Waals surface area contributed by atoms with Crippen LogP contribution in [0.2, 0.25) is 5.02 Å². The number of aromatic nitrogens is 1. The average Bonchev–Trinajstić information content (AvgIpc) is 2.63. The monoisotopic (exact) mass is 372 g/mol. The van der Waals surface area contributed by atoms with E-state index in [1.165, 1.54) is 19.2 Å². The molecule has 3 aromatic rings. The molecule has 0 saturated carbocycles. The summed E-state index contributed by atoms with van der Waals surface area (Å²) in [7, 11) is 0. The molecule has 0 unspecified atom stereocenters. The molecule has 1 aromatic carbocycles. The van der Waals surface area contributed by atoms with Gasteiger partial charge in [-0.15, -0.1) is 0 Å². The number of para-hydroxylation sites is 1. The minimum Gasteiger partial charge on any atom is -0.449 e. The van der Waals surface area contributed by atoms with Gasteiger partial charge in [0, 0.05) is 12.3 Å². The van der Waals surface area contributed by atoms with Gasteiger partial charge in [-0.3, -0.25) is 9.59 Å². The normalized spacial score (nSPS) is 11.8. The van der Waals surface area contributed by atoms with E-state index in [0.29, 0.717) is 10.4 Å². The molecule has 132 valence electrons. The number of carbonyl (C=O) groups is 2. The zero-order valence-corrected chi connectivity index (χ0v) is 14.3. The number of rotatable bonds is 4. The van der Waals surface area contributed by atoms with E-state index in [1.807, 2.05) is 0 Å². The molecule has 0 radical (unpaired) electrons. The van der Waals surface area contributed by atoms with Crippen LogP contribution in [0, 0.1) is 0 Å². The van der Waals surface area contributed by atoms with Crippen molar-refractivity contribution in [2.24, 2.45) is 0 Å². The molecule has 1 atom stereocenters. The standard InChI is InChI=1S/C18H13ClN2O5/c1-10(17(23)21-16-7-6-11(19)9-20-16)25-18(24)15-8-13(22)12-4-2-3-5-14(12)26-15/h2-10H,1H3,(H,20,21,23)/t10-/m0/s1. The van der Waals surface area contributed by atoms with Crippen LogP contribution in [0.15, 0.2) is 57.9 Å².